The largest absolute Gasteiger partial charge is 0.375 e. The molecule has 162 valence electrons. The number of methoxy groups -OCH3 is 1. The van der Waals surface area contributed by atoms with Crippen molar-refractivity contribution in [2.45, 2.75) is 33.0 Å². The predicted octanol–water partition coefficient (Wildman–Crippen LogP) is 4.25. The van der Waals surface area contributed by atoms with Crippen molar-refractivity contribution in [2.24, 2.45) is 4.99 Å². The Morgan fingerprint density at radius 1 is 1.27 bits per heavy atom. The van der Waals surface area contributed by atoms with Crippen LogP contribution in [0.1, 0.15) is 36.3 Å². The van der Waals surface area contributed by atoms with Crippen LogP contribution in [0.5, 0.6) is 0 Å². The Hall–Kier alpha value is -1.98. The van der Waals surface area contributed by atoms with Crippen LogP contribution in [0.2, 0.25) is 0 Å². The van der Waals surface area contributed by atoms with Crippen LogP contribution in [0.15, 0.2) is 53.0 Å². The minimum absolute atomic E-state index is 0. The molecule has 1 aromatic carbocycles. The molecule has 3 rings (SSSR count). The van der Waals surface area contributed by atoms with Gasteiger partial charge in [0.15, 0.2) is 5.96 Å². The van der Waals surface area contributed by atoms with E-state index in [1.165, 1.54) is 0 Å². The fraction of sp³-hybridized carbons (Fsp3) is 0.381. The second kappa shape index (κ2) is 12.0. The van der Waals surface area contributed by atoms with Gasteiger partial charge in [0, 0.05) is 32.3 Å². The molecule has 0 spiro atoms. The lowest BCUT2D eigenvalue weighted by molar-refractivity contribution is 0.119. The van der Waals surface area contributed by atoms with E-state index in [9.17, 15) is 0 Å². The molecule has 0 radical (unpaired) electrons. The van der Waals surface area contributed by atoms with E-state index in [1.54, 1.807) is 18.4 Å². The maximum atomic E-state index is 5.35. The molecule has 0 saturated heterocycles. The highest BCUT2D eigenvalue weighted by Gasteiger charge is 2.13. The Labute approximate surface area is 199 Å². The van der Waals surface area contributed by atoms with E-state index < -0.39 is 0 Å². The molecule has 0 saturated carbocycles. The average Bonchev–Trinajstić information content (AvgIpc) is 3.41. The number of rotatable bonds is 8. The van der Waals surface area contributed by atoms with Crippen molar-refractivity contribution < 1.29 is 4.74 Å². The molecule has 2 aromatic heterocycles. The van der Waals surface area contributed by atoms with Gasteiger partial charge in [0.05, 0.1) is 30.2 Å². The van der Waals surface area contributed by atoms with Gasteiger partial charge in [-0.15, -0.1) is 35.3 Å². The molecule has 0 aliphatic carbocycles. The van der Waals surface area contributed by atoms with Crippen molar-refractivity contribution in [2.75, 3.05) is 20.7 Å². The van der Waals surface area contributed by atoms with Crippen molar-refractivity contribution in [1.29, 1.82) is 0 Å². The van der Waals surface area contributed by atoms with Gasteiger partial charge in [-0.05, 0) is 32.0 Å². The molecule has 3 aromatic rings. The lowest BCUT2D eigenvalue weighted by Crippen LogP contribution is -2.38. The number of nitrogens with one attached hydrogen (secondary N) is 1. The summed E-state index contributed by atoms with van der Waals surface area (Å²) < 4.78 is 7.22. The Morgan fingerprint density at radius 2 is 2.03 bits per heavy atom. The fourth-order valence-corrected chi connectivity index (χ4v) is 3.64. The summed E-state index contributed by atoms with van der Waals surface area (Å²) in [7, 11) is 3.72. The summed E-state index contributed by atoms with van der Waals surface area (Å²) in [4.78, 5) is 11.5. The van der Waals surface area contributed by atoms with Crippen LogP contribution in [0.25, 0.3) is 5.69 Å². The molecule has 0 aliphatic heterocycles. The van der Waals surface area contributed by atoms with E-state index in [4.69, 9.17) is 9.73 Å². The molecule has 9 heteroatoms. The Kier molecular flexibility index (Phi) is 9.73. The van der Waals surface area contributed by atoms with E-state index >= 15 is 0 Å². The van der Waals surface area contributed by atoms with Gasteiger partial charge in [0.25, 0.3) is 0 Å². The van der Waals surface area contributed by atoms with Gasteiger partial charge in [0.2, 0.25) is 0 Å². The zero-order chi connectivity index (χ0) is 20.6. The summed E-state index contributed by atoms with van der Waals surface area (Å²) in [6, 6.07) is 12.1. The monoisotopic (exact) mass is 540 g/mol. The SMILES string of the molecule is CCNC(=NCc1ccn(-c2ccccc2)n1)N(C)Cc1csc(C(C)OC)n1.I. The molecule has 0 bridgehead atoms. The maximum Gasteiger partial charge on any atom is 0.194 e. The first kappa shape index (κ1) is 24.3. The molecule has 0 aliphatic rings. The summed E-state index contributed by atoms with van der Waals surface area (Å²) in [5.41, 5.74) is 2.97. The third-order valence-electron chi connectivity index (χ3n) is 4.42. The Morgan fingerprint density at radius 3 is 2.73 bits per heavy atom. The number of hydrogen-bond donors (Lipinski definition) is 1. The minimum Gasteiger partial charge on any atom is -0.375 e. The number of nitrogens with zero attached hydrogens (tertiary/aromatic N) is 5. The zero-order valence-corrected chi connectivity index (χ0v) is 20.9. The molecule has 1 N–H and O–H groups in total. The molecule has 0 amide bonds. The molecule has 1 unspecified atom stereocenters. The smallest absolute Gasteiger partial charge is 0.194 e. The first-order chi connectivity index (χ1) is 14.1. The van der Waals surface area contributed by atoms with E-state index in [0.29, 0.717) is 13.1 Å². The van der Waals surface area contributed by atoms with Crippen LogP contribution in [-0.4, -0.2) is 46.3 Å². The van der Waals surface area contributed by atoms with Crippen LogP contribution in [-0.2, 0) is 17.8 Å². The highest BCUT2D eigenvalue weighted by atomic mass is 127. The molecule has 2 heterocycles. The van der Waals surface area contributed by atoms with Gasteiger partial charge in [-0.2, -0.15) is 5.10 Å². The number of aromatic nitrogens is 3. The van der Waals surface area contributed by atoms with Crippen LogP contribution in [0.4, 0.5) is 0 Å². The predicted molar refractivity (Wildman–Crippen MR) is 133 cm³/mol. The van der Waals surface area contributed by atoms with Gasteiger partial charge >= 0.3 is 0 Å². The third-order valence-corrected chi connectivity index (χ3v) is 5.48. The van der Waals surface area contributed by atoms with E-state index in [0.717, 1.165) is 34.6 Å². The fourth-order valence-electron chi connectivity index (χ4n) is 2.80. The first-order valence-electron chi connectivity index (χ1n) is 9.67. The number of halogens is 1. The van der Waals surface area contributed by atoms with E-state index in [1.807, 2.05) is 61.2 Å². The van der Waals surface area contributed by atoms with Crippen molar-refractivity contribution >= 4 is 41.3 Å². The lowest BCUT2D eigenvalue weighted by atomic mass is 10.3. The summed E-state index contributed by atoms with van der Waals surface area (Å²) >= 11 is 1.62. The molecular formula is C21H29IN6OS. The first-order valence-corrected chi connectivity index (χ1v) is 10.5. The van der Waals surface area contributed by atoms with Crippen LogP contribution in [0, 0.1) is 0 Å². The van der Waals surface area contributed by atoms with Crippen molar-refractivity contribution in [3.05, 3.63) is 64.4 Å². The van der Waals surface area contributed by atoms with Gasteiger partial charge in [-0.25, -0.2) is 14.7 Å². The number of benzene rings is 1. The second-order valence-corrected chi connectivity index (χ2v) is 7.56. The summed E-state index contributed by atoms with van der Waals surface area (Å²) in [5.74, 6) is 0.830. The highest BCUT2D eigenvalue weighted by molar-refractivity contribution is 14.0. The summed E-state index contributed by atoms with van der Waals surface area (Å²) in [6.45, 7) is 6.05. The maximum absolute atomic E-state index is 5.35. The number of aliphatic imine (C=N–C) groups is 1. The Bertz CT molecular complexity index is 926. The summed E-state index contributed by atoms with van der Waals surface area (Å²) in [5, 5.41) is 11.0. The van der Waals surface area contributed by atoms with Crippen LogP contribution < -0.4 is 5.32 Å². The van der Waals surface area contributed by atoms with E-state index in [-0.39, 0.29) is 30.1 Å². The van der Waals surface area contributed by atoms with Gasteiger partial charge in [0.1, 0.15) is 11.1 Å². The average molecular weight is 540 g/mol. The number of ether oxygens (including phenoxy) is 1. The van der Waals surface area contributed by atoms with Gasteiger partial charge < -0.3 is 15.0 Å². The number of guanidine groups is 1. The highest BCUT2D eigenvalue weighted by Crippen LogP contribution is 2.21. The van der Waals surface area contributed by atoms with Crippen LogP contribution >= 0.6 is 35.3 Å². The third kappa shape index (κ3) is 6.51. The number of thiazole rings is 1. The Balaban J connectivity index is 0.00000320. The zero-order valence-electron chi connectivity index (χ0n) is 17.8. The number of para-hydroxylation sites is 1. The van der Waals surface area contributed by atoms with Crippen molar-refractivity contribution in [3.63, 3.8) is 0 Å². The van der Waals surface area contributed by atoms with E-state index in [2.05, 4.69) is 32.6 Å². The normalized spacial score (nSPS) is 12.3. The standard InChI is InChI=1S/C21H28N6OS.HI/c1-5-22-21(26(3)14-18-15-29-20(24-18)16(2)28-4)23-13-17-11-12-27(25-17)19-9-7-6-8-10-19;/h6-12,15-16H,5,13-14H2,1-4H3,(H,22,23);1H. The molecule has 1 atom stereocenters. The van der Waals surface area contributed by atoms with Crippen LogP contribution in [0.3, 0.4) is 0 Å². The lowest BCUT2D eigenvalue weighted by Gasteiger charge is -2.21. The quantitative estimate of drug-likeness (QED) is 0.263. The number of hydrogen-bond acceptors (Lipinski definition) is 5. The topological polar surface area (TPSA) is 67.6 Å². The summed E-state index contributed by atoms with van der Waals surface area (Å²) in [6.07, 6.45) is 1.98. The van der Waals surface area contributed by atoms with Gasteiger partial charge in [-0.1, -0.05) is 18.2 Å². The molecule has 0 fully saturated rings. The molecule has 30 heavy (non-hydrogen) atoms. The van der Waals surface area contributed by atoms with Gasteiger partial charge in [-0.3, -0.25) is 0 Å². The second-order valence-electron chi connectivity index (χ2n) is 6.67. The van der Waals surface area contributed by atoms with Crippen molar-refractivity contribution in [3.8, 4) is 5.69 Å². The molecular weight excluding hydrogens is 511 g/mol. The molecule has 7 nitrogen and oxygen atoms in total. The minimum atomic E-state index is 0. The van der Waals surface area contributed by atoms with Crippen molar-refractivity contribution in [1.82, 2.24) is 25.0 Å².